The van der Waals surface area contributed by atoms with Gasteiger partial charge in [-0.1, -0.05) is 6.92 Å². The maximum Gasteiger partial charge on any atom is 0.512 e. The summed E-state index contributed by atoms with van der Waals surface area (Å²) in [4.78, 5) is 15.2. The van der Waals surface area contributed by atoms with Crippen molar-refractivity contribution in [1.29, 1.82) is 0 Å². The third kappa shape index (κ3) is 1.82. The molecule has 1 amide bonds. The van der Waals surface area contributed by atoms with Crippen molar-refractivity contribution in [3.8, 4) is 0 Å². The van der Waals surface area contributed by atoms with Crippen LogP contribution in [-0.4, -0.2) is 29.2 Å². The van der Waals surface area contributed by atoms with Gasteiger partial charge < -0.3 is 19.6 Å². The van der Waals surface area contributed by atoms with Gasteiger partial charge in [-0.2, -0.15) is 0 Å². The Bertz CT molecular complexity index is 549. The Hall–Kier alpha value is -1.27. The first-order valence-corrected chi connectivity index (χ1v) is 7.14. The lowest BCUT2D eigenvalue weighted by Crippen LogP contribution is -2.41. The van der Waals surface area contributed by atoms with Crippen molar-refractivity contribution >= 4 is 18.6 Å². The third-order valence-corrected chi connectivity index (χ3v) is 4.68. The normalized spacial score (nSPS) is 26.8. The highest BCUT2D eigenvalue weighted by Crippen LogP contribution is 2.37. The summed E-state index contributed by atoms with van der Waals surface area (Å²) in [6.07, 6.45) is 0.863. The Labute approximate surface area is 119 Å². The van der Waals surface area contributed by atoms with Gasteiger partial charge in [-0.05, 0) is 40.2 Å². The van der Waals surface area contributed by atoms with Gasteiger partial charge in [-0.15, -0.1) is 0 Å². The van der Waals surface area contributed by atoms with Crippen LogP contribution in [0.15, 0.2) is 6.07 Å². The Morgan fingerprint density at radius 2 is 1.85 bits per heavy atom. The number of H-pyrrole nitrogens is 1. The highest BCUT2D eigenvalue weighted by Gasteiger charge is 2.52. The maximum absolute atomic E-state index is 11.9. The standard InChI is InChI=1S/C14H21BN2O3/c1-6-9-11-8(12(18)16-9)7-10(17-11)15-19-13(2,3)14(4,5)20-15/h7,9,17H,6H2,1-5H3,(H,16,18). The number of amides is 1. The Balaban J connectivity index is 1.91. The van der Waals surface area contributed by atoms with Gasteiger partial charge in [-0.3, -0.25) is 4.79 Å². The van der Waals surface area contributed by atoms with Crippen molar-refractivity contribution in [2.24, 2.45) is 0 Å². The minimum Gasteiger partial charge on any atom is -0.398 e. The number of aromatic nitrogens is 1. The summed E-state index contributed by atoms with van der Waals surface area (Å²) in [5, 5.41) is 2.95. The zero-order chi connectivity index (χ0) is 14.7. The fraction of sp³-hybridized carbons (Fsp3) is 0.643. The zero-order valence-corrected chi connectivity index (χ0v) is 12.7. The van der Waals surface area contributed by atoms with Gasteiger partial charge in [0.1, 0.15) is 0 Å². The van der Waals surface area contributed by atoms with Crippen LogP contribution < -0.4 is 10.9 Å². The number of fused-ring (bicyclic) bond motifs is 1. The first-order chi connectivity index (χ1) is 9.25. The quantitative estimate of drug-likeness (QED) is 0.805. The number of nitrogens with one attached hydrogen (secondary N) is 2. The lowest BCUT2D eigenvalue weighted by molar-refractivity contribution is 0.00578. The van der Waals surface area contributed by atoms with Crippen molar-refractivity contribution < 1.29 is 14.1 Å². The molecule has 0 aromatic carbocycles. The van der Waals surface area contributed by atoms with Gasteiger partial charge in [0.15, 0.2) is 0 Å². The van der Waals surface area contributed by atoms with Crippen LogP contribution >= 0.6 is 0 Å². The number of carbonyl (C=O) groups is 1. The first kappa shape index (κ1) is 13.7. The summed E-state index contributed by atoms with van der Waals surface area (Å²) in [7, 11) is -0.448. The van der Waals surface area contributed by atoms with Crippen LogP contribution in [0.25, 0.3) is 0 Å². The van der Waals surface area contributed by atoms with Crippen LogP contribution in [0.1, 0.15) is 63.1 Å². The van der Waals surface area contributed by atoms with E-state index in [1.54, 1.807) is 0 Å². The van der Waals surface area contributed by atoms with E-state index in [2.05, 4.69) is 17.2 Å². The summed E-state index contributed by atoms with van der Waals surface area (Å²) >= 11 is 0. The molecule has 20 heavy (non-hydrogen) atoms. The average Bonchev–Trinajstić information content (AvgIpc) is 2.94. The van der Waals surface area contributed by atoms with Crippen molar-refractivity contribution in [1.82, 2.24) is 10.3 Å². The van der Waals surface area contributed by atoms with E-state index in [0.717, 1.165) is 17.7 Å². The second kappa shape index (κ2) is 4.12. The van der Waals surface area contributed by atoms with Crippen LogP contribution in [0.2, 0.25) is 0 Å². The average molecular weight is 276 g/mol. The van der Waals surface area contributed by atoms with E-state index in [4.69, 9.17) is 9.31 Å². The first-order valence-electron chi connectivity index (χ1n) is 7.14. The number of aromatic amines is 1. The number of hydrogen-bond donors (Lipinski definition) is 2. The molecule has 0 saturated carbocycles. The van der Waals surface area contributed by atoms with E-state index in [9.17, 15) is 4.79 Å². The van der Waals surface area contributed by atoms with Gasteiger partial charge in [0, 0.05) is 5.59 Å². The third-order valence-electron chi connectivity index (χ3n) is 4.68. The van der Waals surface area contributed by atoms with Gasteiger partial charge in [0.2, 0.25) is 0 Å². The molecule has 1 saturated heterocycles. The summed E-state index contributed by atoms with van der Waals surface area (Å²) in [5.74, 6) is -0.0223. The number of rotatable bonds is 2. The van der Waals surface area contributed by atoms with Crippen molar-refractivity contribution in [3.05, 3.63) is 17.3 Å². The fourth-order valence-corrected chi connectivity index (χ4v) is 2.67. The van der Waals surface area contributed by atoms with Gasteiger partial charge in [-0.25, -0.2) is 0 Å². The maximum atomic E-state index is 11.9. The van der Waals surface area contributed by atoms with E-state index >= 15 is 0 Å². The molecule has 1 aromatic heterocycles. The molecule has 5 nitrogen and oxygen atoms in total. The molecule has 3 heterocycles. The fourth-order valence-electron chi connectivity index (χ4n) is 2.67. The molecule has 2 N–H and O–H groups in total. The van der Waals surface area contributed by atoms with Gasteiger partial charge in [0.25, 0.3) is 5.91 Å². The molecule has 3 rings (SSSR count). The smallest absolute Gasteiger partial charge is 0.398 e. The minimum absolute atomic E-state index is 0.0223. The monoisotopic (exact) mass is 276 g/mol. The molecule has 1 aromatic rings. The van der Waals surface area contributed by atoms with Crippen molar-refractivity contribution in [2.45, 2.75) is 58.3 Å². The van der Waals surface area contributed by atoms with E-state index in [0.29, 0.717) is 5.56 Å². The second-order valence-corrected chi connectivity index (χ2v) is 6.57. The molecule has 0 aliphatic carbocycles. The molecule has 0 radical (unpaired) electrons. The van der Waals surface area contributed by atoms with Crippen LogP contribution in [-0.2, 0) is 9.31 Å². The summed E-state index contributed by atoms with van der Waals surface area (Å²) in [6, 6.07) is 1.91. The molecule has 0 spiro atoms. The molecule has 2 aliphatic rings. The summed E-state index contributed by atoms with van der Waals surface area (Å²) < 4.78 is 12.0. The molecule has 108 valence electrons. The lowest BCUT2D eigenvalue weighted by atomic mass is 9.85. The second-order valence-electron chi connectivity index (χ2n) is 6.57. The molecule has 6 heteroatoms. The van der Waals surface area contributed by atoms with E-state index in [1.807, 2.05) is 33.8 Å². The summed E-state index contributed by atoms with van der Waals surface area (Å²) in [6.45, 7) is 10.1. The van der Waals surface area contributed by atoms with E-state index < -0.39 is 7.12 Å². The number of carbonyl (C=O) groups excluding carboxylic acids is 1. The van der Waals surface area contributed by atoms with Crippen molar-refractivity contribution in [3.63, 3.8) is 0 Å². The van der Waals surface area contributed by atoms with Crippen LogP contribution in [0.3, 0.4) is 0 Å². The largest absolute Gasteiger partial charge is 0.512 e. The highest BCUT2D eigenvalue weighted by molar-refractivity contribution is 6.61. The van der Waals surface area contributed by atoms with Crippen LogP contribution in [0.4, 0.5) is 0 Å². The predicted octanol–water partition coefficient (Wildman–Crippen LogP) is 1.51. The molecule has 1 unspecified atom stereocenters. The molecular formula is C14H21BN2O3. The lowest BCUT2D eigenvalue weighted by Gasteiger charge is -2.32. The highest BCUT2D eigenvalue weighted by atomic mass is 16.7. The van der Waals surface area contributed by atoms with E-state index in [1.165, 1.54) is 0 Å². The molecule has 2 aliphatic heterocycles. The number of hydrogen-bond acceptors (Lipinski definition) is 3. The predicted molar refractivity (Wildman–Crippen MR) is 77.0 cm³/mol. The molecule has 1 atom stereocenters. The van der Waals surface area contributed by atoms with Crippen LogP contribution in [0, 0.1) is 0 Å². The van der Waals surface area contributed by atoms with Gasteiger partial charge >= 0.3 is 7.12 Å². The Kier molecular flexibility index (Phi) is 2.82. The molecular weight excluding hydrogens is 255 g/mol. The topological polar surface area (TPSA) is 63.4 Å². The zero-order valence-electron chi connectivity index (χ0n) is 12.7. The molecule has 0 bridgehead atoms. The Morgan fingerprint density at radius 1 is 1.25 bits per heavy atom. The Morgan fingerprint density at radius 3 is 2.40 bits per heavy atom. The SMILES string of the molecule is CCC1NC(=O)c2cc(B3OC(C)(C)C(C)(C)O3)[nH]c21. The molecule has 1 fully saturated rings. The minimum atomic E-state index is -0.448. The summed E-state index contributed by atoms with van der Waals surface area (Å²) in [5.41, 5.74) is 1.73. The van der Waals surface area contributed by atoms with Gasteiger partial charge in [0.05, 0.1) is 28.5 Å². The van der Waals surface area contributed by atoms with E-state index in [-0.39, 0.29) is 23.2 Å². The van der Waals surface area contributed by atoms with Crippen molar-refractivity contribution in [2.75, 3.05) is 0 Å². The van der Waals surface area contributed by atoms with Crippen LogP contribution in [0.5, 0.6) is 0 Å².